The van der Waals surface area contributed by atoms with Gasteiger partial charge in [-0.3, -0.25) is 4.90 Å². The highest BCUT2D eigenvalue weighted by atomic mass is 16.6. The topological polar surface area (TPSA) is 110 Å². The molecular formula is C41H67N3O7. The van der Waals surface area contributed by atoms with Gasteiger partial charge in [0, 0.05) is 57.2 Å². The molecule has 3 heterocycles. The van der Waals surface area contributed by atoms with E-state index in [1.165, 1.54) is 12.8 Å². The largest absolute Gasteiger partial charge is 0.446 e. The third kappa shape index (κ3) is 5.13. The van der Waals surface area contributed by atoms with Crippen LogP contribution in [0.1, 0.15) is 106 Å². The van der Waals surface area contributed by atoms with E-state index in [2.05, 4.69) is 58.7 Å². The van der Waals surface area contributed by atoms with Crippen molar-refractivity contribution in [1.29, 1.82) is 0 Å². The molecule has 8 fully saturated rings. The summed E-state index contributed by atoms with van der Waals surface area (Å²) in [5, 5.41) is 15.7. The quantitative estimate of drug-likeness (QED) is 0.311. The molecule has 2 spiro atoms. The van der Waals surface area contributed by atoms with Gasteiger partial charge in [0.05, 0.1) is 24.4 Å². The summed E-state index contributed by atoms with van der Waals surface area (Å²) in [5.74, 6) is 1.71. The number of nitrogens with one attached hydrogen (secondary N) is 1. The van der Waals surface area contributed by atoms with E-state index in [-0.39, 0.29) is 75.5 Å². The number of hydrogen-bond acceptors (Lipinski definition) is 8. The van der Waals surface area contributed by atoms with E-state index in [1.807, 2.05) is 0 Å². The van der Waals surface area contributed by atoms with Crippen LogP contribution in [0.3, 0.4) is 0 Å². The SMILES string of the molecule is COC1CN(CCNC(=O)O[C@H]2CCC34C[C@]35CCC3(C)[C@@H]6C(OC([C@H](OC(=O)N7CCC7)C(C)C)C[C@H]6C)[C@H](O)[C@@]3(C)C5CC[C@H]4C2(C)C)C1. The minimum Gasteiger partial charge on any atom is -0.446 e. The number of carbonyl (C=O) groups excluding carboxylic acids is 2. The van der Waals surface area contributed by atoms with Crippen LogP contribution in [0.5, 0.6) is 0 Å². The number of aliphatic hydroxyl groups is 1. The molecular weight excluding hydrogens is 646 g/mol. The maximum absolute atomic E-state index is 13.0. The Labute approximate surface area is 306 Å². The fourth-order valence-electron chi connectivity index (χ4n) is 14.4. The van der Waals surface area contributed by atoms with Gasteiger partial charge in [-0.05, 0) is 104 Å². The van der Waals surface area contributed by atoms with Crippen molar-refractivity contribution in [2.24, 2.45) is 56.7 Å². The van der Waals surface area contributed by atoms with Crippen LogP contribution in [0.2, 0.25) is 0 Å². The first-order valence-corrected chi connectivity index (χ1v) is 20.6. The summed E-state index contributed by atoms with van der Waals surface area (Å²) >= 11 is 0. The van der Waals surface area contributed by atoms with Crippen LogP contribution in [0.25, 0.3) is 0 Å². The fourth-order valence-corrected chi connectivity index (χ4v) is 14.4. The maximum atomic E-state index is 13.0. The van der Waals surface area contributed by atoms with Crippen LogP contribution < -0.4 is 5.32 Å². The lowest BCUT2D eigenvalue weighted by Crippen LogP contribution is -2.60. The first-order valence-electron chi connectivity index (χ1n) is 20.6. The lowest BCUT2D eigenvalue weighted by molar-refractivity contribution is -0.185. The van der Waals surface area contributed by atoms with Gasteiger partial charge in [0.25, 0.3) is 0 Å². The molecule has 13 atom stereocenters. The van der Waals surface area contributed by atoms with Gasteiger partial charge in [-0.1, -0.05) is 48.5 Å². The maximum Gasteiger partial charge on any atom is 0.410 e. The minimum absolute atomic E-state index is 0.0237. The van der Waals surface area contributed by atoms with Gasteiger partial charge in [-0.2, -0.15) is 0 Å². The number of methoxy groups -OCH3 is 1. The minimum atomic E-state index is -0.555. The molecule has 2 amide bonds. The Hall–Kier alpha value is -1.62. The Morgan fingerprint density at radius 3 is 2.37 bits per heavy atom. The molecule has 10 heteroatoms. The van der Waals surface area contributed by atoms with Gasteiger partial charge in [0.15, 0.2) is 0 Å². The molecule has 2 N–H and O–H groups in total. The first kappa shape index (κ1) is 36.4. The van der Waals surface area contributed by atoms with Crippen LogP contribution in [0.15, 0.2) is 0 Å². The molecule has 288 valence electrons. The highest BCUT2D eigenvalue weighted by Crippen LogP contribution is 2.89. The third-order valence-electron chi connectivity index (χ3n) is 17.3. The van der Waals surface area contributed by atoms with Crippen LogP contribution in [0, 0.1) is 56.7 Å². The van der Waals surface area contributed by atoms with Crippen LogP contribution in [-0.4, -0.2) is 110 Å². The number of nitrogens with zero attached hydrogens (tertiary/aromatic N) is 2. The summed E-state index contributed by atoms with van der Waals surface area (Å²) in [5.41, 5.74) is 0.102. The standard InChI is InChI=1S/C41H67N3O7/c1-24(2)32(51-36(47)44-17-9-18-44)27-20-25(3)31-33(49-27)34(45)39(7)29-11-10-28-37(4,5)30(50-35(46)42-16-19-43-21-26(22-43)48-8)12-13-40(28)23-41(29,40)15-14-38(31,39)6/h24-34,45H,9-23H2,1-8H3,(H,42,46)/t25-,27?,28+,29?,30+,31+,32-,33?,34+,38?,39-,40?,41+/m1/s1. The molecule has 8 rings (SSSR count). The number of alkyl carbamates (subject to hydrolysis) is 1. The zero-order valence-electron chi connectivity index (χ0n) is 32.7. The first-order chi connectivity index (χ1) is 24.1. The van der Waals surface area contributed by atoms with Crippen molar-refractivity contribution in [2.45, 2.75) is 143 Å². The molecule has 0 bridgehead atoms. The van der Waals surface area contributed by atoms with Crippen molar-refractivity contribution in [2.75, 3.05) is 46.4 Å². The Kier molecular flexibility index (Phi) is 8.88. The summed E-state index contributed by atoms with van der Waals surface area (Å²) in [7, 11) is 1.75. The van der Waals surface area contributed by atoms with Crippen molar-refractivity contribution < 1.29 is 33.6 Å². The Morgan fingerprint density at radius 2 is 1.71 bits per heavy atom. The van der Waals surface area contributed by atoms with E-state index in [0.29, 0.717) is 30.4 Å². The van der Waals surface area contributed by atoms with E-state index in [9.17, 15) is 14.7 Å². The van der Waals surface area contributed by atoms with Crippen LogP contribution in [-0.2, 0) is 18.9 Å². The number of fused-ring (bicyclic) bond motifs is 4. The van der Waals surface area contributed by atoms with Crippen LogP contribution in [0.4, 0.5) is 9.59 Å². The van der Waals surface area contributed by atoms with Gasteiger partial charge in [0.2, 0.25) is 0 Å². The van der Waals surface area contributed by atoms with E-state index in [1.54, 1.807) is 12.0 Å². The zero-order valence-corrected chi connectivity index (χ0v) is 32.7. The van der Waals surface area contributed by atoms with E-state index < -0.39 is 6.10 Å². The Bertz CT molecular complexity index is 1370. The molecule has 3 saturated heterocycles. The summed E-state index contributed by atoms with van der Waals surface area (Å²) in [4.78, 5) is 30.1. The lowest BCUT2D eigenvalue weighted by atomic mass is 9.41. The molecule has 51 heavy (non-hydrogen) atoms. The second kappa shape index (κ2) is 12.5. The number of rotatable bonds is 8. The predicted octanol–water partition coefficient (Wildman–Crippen LogP) is 6.09. The number of amides is 2. The fraction of sp³-hybridized carbons (Fsp3) is 0.951. The van der Waals surface area contributed by atoms with Gasteiger partial charge >= 0.3 is 12.2 Å². The smallest absolute Gasteiger partial charge is 0.410 e. The second-order valence-electron chi connectivity index (χ2n) is 19.9. The normalized spacial score (nSPS) is 47.4. The molecule has 0 aromatic rings. The second-order valence-corrected chi connectivity index (χ2v) is 19.9. The summed E-state index contributed by atoms with van der Waals surface area (Å²) in [6, 6.07) is 0. The lowest BCUT2D eigenvalue weighted by Gasteiger charge is -2.63. The average molecular weight is 714 g/mol. The average Bonchev–Trinajstić information content (AvgIpc) is 3.66. The van der Waals surface area contributed by atoms with Crippen LogP contribution >= 0.6 is 0 Å². The van der Waals surface area contributed by atoms with Crippen molar-refractivity contribution >= 4 is 12.2 Å². The number of likely N-dealkylation sites (tertiary alicyclic amines) is 2. The van der Waals surface area contributed by atoms with Crippen molar-refractivity contribution in [1.82, 2.24) is 15.1 Å². The molecule has 5 unspecified atom stereocenters. The number of ether oxygens (including phenoxy) is 4. The van der Waals surface area contributed by atoms with Gasteiger partial charge < -0.3 is 34.3 Å². The van der Waals surface area contributed by atoms with Gasteiger partial charge in [-0.15, -0.1) is 0 Å². The number of carbonyl (C=O) groups is 2. The molecule has 0 aromatic carbocycles. The molecule has 5 saturated carbocycles. The molecule has 8 aliphatic rings. The Balaban J connectivity index is 0.963. The third-order valence-corrected chi connectivity index (χ3v) is 17.3. The summed E-state index contributed by atoms with van der Waals surface area (Å²) in [6.07, 6.45) is 8.08. The molecule has 5 aliphatic carbocycles. The summed E-state index contributed by atoms with van der Waals surface area (Å²) < 4.78 is 24.8. The van der Waals surface area contributed by atoms with Gasteiger partial charge in [-0.25, -0.2) is 9.59 Å². The predicted molar refractivity (Wildman–Crippen MR) is 193 cm³/mol. The number of aliphatic hydroxyl groups excluding tert-OH is 1. The molecule has 10 nitrogen and oxygen atoms in total. The molecule has 3 aliphatic heterocycles. The number of hydrogen-bond donors (Lipinski definition) is 2. The zero-order chi connectivity index (χ0) is 36.3. The monoisotopic (exact) mass is 713 g/mol. The molecule has 0 radical (unpaired) electrons. The highest BCUT2D eigenvalue weighted by Gasteiger charge is 2.84. The van der Waals surface area contributed by atoms with Crippen molar-refractivity contribution in [3.05, 3.63) is 0 Å². The Morgan fingerprint density at radius 1 is 1.00 bits per heavy atom. The highest BCUT2D eigenvalue weighted by molar-refractivity contribution is 5.68. The van der Waals surface area contributed by atoms with E-state index in [4.69, 9.17) is 18.9 Å². The van der Waals surface area contributed by atoms with Crippen molar-refractivity contribution in [3.8, 4) is 0 Å². The van der Waals surface area contributed by atoms with E-state index in [0.717, 1.165) is 77.7 Å². The molecule has 0 aromatic heterocycles. The van der Waals surface area contributed by atoms with Crippen molar-refractivity contribution in [3.63, 3.8) is 0 Å². The van der Waals surface area contributed by atoms with Gasteiger partial charge in [0.1, 0.15) is 12.2 Å². The van der Waals surface area contributed by atoms with E-state index >= 15 is 0 Å². The summed E-state index contributed by atoms with van der Waals surface area (Å²) in [6.45, 7) is 21.0.